The van der Waals surface area contributed by atoms with Gasteiger partial charge in [0.25, 0.3) is 5.91 Å². The first kappa shape index (κ1) is 21.6. The van der Waals surface area contributed by atoms with Gasteiger partial charge in [-0.05, 0) is 63.5 Å². The van der Waals surface area contributed by atoms with Crippen molar-refractivity contribution in [3.63, 3.8) is 0 Å². The Labute approximate surface area is 168 Å². The molecule has 1 saturated heterocycles. The van der Waals surface area contributed by atoms with Gasteiger partial charge >= 0.3 is 0 Å². The van der Waals surface area contributed by atoms with Gasteiger partial charge in [0.15, 0.2) is 5.96 Å². The SMILES string of the molecule is CCNC(=NCc1cccc(C(=O)NC(C)CC)c1)NCC1(C)CCCS1. The number of carbonyl (C=O) groups excluding carboxylic acids is 1. The number of nitrogens with one attached hydrogen (secondary N) is 3. The lowest BCUT2D eigenvalue weighted by atomic mass is 10.1. The van der Waals surface area contributed by atoms with Crippen LogP contribution in [-0.4, -0.2) is 41.5 Å². The van der Waals surface area contributed by atoms with Crippen molar-refractivity contribution in [1.29, 1.82) is 0 Å². The topological polar surface area (TPSA) is 65.5 Å². The fraction of sp³-hybridized carbons (Fsp3) is 0.619. The molecule has 1 aliphatic heterocycles. The van der Waals surface area contributed by atoms with Gasteiger partial charge in [-0.25, -0.2) is 4.99 Å². The summed E-state index contributed by atoms with van der Waals surface area (Å²) in [6.07, 6.45) is 3.46. The molecule has 1 aromatic carbocycles. The van der Waals surface area contributed by atoms with Crippen molar-refractivity contribution in [3.8, 4) is 0 Å². The van der Waals surface area contributed by atoms with Crippen LogP contribution in [-0.2, 0) is 6.54 Å². The van der Waals surface area contributed by atoms with Gasteiger partial charge in [0.2, 0.25) is 0 Å². The molecule has 5 nitrogen and oxygen atoms in total. The third-order valence-corrected chi connectivity index (χ3v) is 6.41. The molecule has 1 aliphatic rings. The lowest BCUT2D eigenvalue weighted by Crippen LogP contribution is -2.43. The van der Waals surface area contributed by atoms with E-state index in [4.69, 9.17) is 4.99 Å². The maximum absolute atomic E-state index is 12.3. The largest absolute Gasteiger partial charge is 0.357 e. The number of guanidine groups is 1. The monoisotopic (exact) mass is 390 g/mol. The van der Waals surface area contributed by atoms with E-state index in [1.165, 1.54) is 18.6 Å². The summed E-state index contributed by atoms with van der Waals surface area (Å²) in [6.45, 7) is 10.8. The van der Waals surface area contributed by atoms with Crippen molar-refractivity contribution in [3.05, 3.63) is 35.4 Å². The van der Waals surface area contributed by atoms with Gasteiger partial charge in [-0.3, -0.25) is 4.79 Å². The second-order valence-corrected chi connectivity index (χ2v) is 9.12. The zero-order valence-corrected chi connectivity index (χ0v) is 17.9. The minimum Gasteiger partial charge on any atom is -0.357 e. The minimum absolute atomic E-state index is 0.0219. The van der Waals surface area contributed by atoms with Crippen LogP contribution >= 0.6 is 11.8 Å². The lowest BCUT2D eigenvalue weighted by Gasteiger charge is -2.24. The number of aliphatic imine (C=N–C) groups is 1. The summed E-state index contributed by atoms with van der Waals surface area (Å²) < 4.78 is 0.296. The van der Waals surface area contributed by atoms with Crippen LogP contribution in [0.2, 0.25) is 0 Å². The molecule has 2 rings (SSSR count). The van der Waals surface area contributed by atoms with Crippen LogP contribution in [0.25, 0.3) is 0 Å². The Morgan fingerprint density at radius 2 is 2.15 bits per heavy atom. The number of hydrogen-bond acceptors (Lipinski definition) is 3. The van der Waals surface area contributed by atoms with Gasteiger partial charge < -0.3 is 16.0 Å². The van der Waals surface area contributed by atoms with Gasteiger partial charge in [-0.1, -0.05) is 19.1 Å². The van der Waals surface area contributed by atoms with E-state index in [1.807, 2.05) is 43.0 Å². The highest BCUT2D eigenvalue weighted by molar-refractivity contribution is 8.00. The maximum atomic E-state index is 12.3. The Kier molecular flexibility index (Phi) is 8.48. The van der Waals surface area contributed by atoms with Crippen molar-refractivity contribution < 1.29 is 4.79 Å². The number of thioether (sulfide) groups is 1. The first-order chi connectivity index (χ1) is 13.0. The van der Waals surface area contributed by atoms with E-state index in [9.17, 15) is 4.79 Å². The van der Waals surface area contributed by atoms with Crippen molar-refractivity contribution in [2.45, 2.75) is 64.3 Å². The maximum Gasteiger partial charge on any atom is 0.251 e. The van der Waals surface area contributed by atoms with Crippen LogP contribution in [0, 0.1) is 0 Å². The molecule has 0 aliphatic carbocycles. The van der Waals surface area contributed by atoms with Gasteiger partial charge in [-0.2, -0.15) is 11.8 Å². The summed E-state index contributed by atoms with van der Waals surface area (Å²) in [6, 6.07) is 7.90. The Morgan fingerprint density at radius 3 is 2.81 bits per heavy atom. The van der Waals surface area contributed by atoms with Crippen LogP contribution < -0.4 is 16.0 Å². The van der Waals surface area contributed by atoms with E-state index in [1.54, 1.807) is 0 Å². The van der Waals surface area contributed by atoms with Crippen LogP contribution in [0.5, 0.6) is 0 Å². The third kappa shape index (κ3) is 7.09. The molecule has 1 amide bonds. The molecule has 2 unspecified atom stereocenters. The van der Waals surface area contributed by atoms with Gasteiger partial charge in [0, 0.05) is 29.4 Å². The van der Waals surface area contributed by atoms with Crippen LogP contribution in [0.3, 0.4) is 0 Å². The molecule has 0 spiro atoms. The fourth-order valence-corrected chi connectivity index (χ4v) is 4.22. The number of hydrogen-bond donors (Lipinski definition) is 3. The van der Waals surface area contributed by atoms with Gasteiger partial charge in [-0.15, -0.1) is 0 Å². The molecule has 150 valence electrons. The molecular weight excluding hydrogens is 356 g/mol. The Morgan fingerprint density at radius 1 is 1.33 bits per heavy atom. The normalized spacial score (nSPS) is 21.0. The minimum atomic E-state index is -0.0219. The predicted octanol–water partition coefficient (Wildman–Crippen LogP) is 3.56. The summed E-state index contributed by atoms with van der Waals surface area (Å²) in [5.41, 5.74) is 1.72. The number of rotatable bonds is 8. The quantitative estimate of drug-likeness (QED) is 0.469. The van der Waals surface area contributed by atoms with E-state index < -0.39 is 0 Å². The molecule has 0 saturated carbocycles. The van der Waals surface area contributed by atoms with E-state index >= 15 is 0 Å². The highest BCUT2D eigenvalue weighted by Gasteiger charge is 2.29. The van der Waals surface area contributed by atoms with Crippen molar-refractivity contribution >= 4 is 23.6 Å². The average molecular weight is 391 g/mol. The highest BCUT2D eigenvalue weighted by Crippen LogP contribution is 2.36. The smallest absolute Gasteiger partial charge is 0.251 e. The van der Waals surface area contributed by atoms with Crippen molar-refractivity contribution in [2.75, 3.05) is 18.8 Å². The van der Waals surface area contributed by atoms with Crippen LogP contribution in [0.15, 0.2) is 29.3 Å². The Hall–Kier alpha value is -1.69. The lowest BCUT2D eigenvalue weighted by molar-refractivity contribution is 0.0939. The van der Waals surface area contributed by atoms with Crippen molar-refractivity contribution in [1.82, 2.24) is 16.0 Å². The molecule has 6 heteroatoms. The standard InChI is InChI=1S/C21H34N4OS/c1-5-16(3)25-19(26)18-10-7-9-17(13-18)14-23-20(22-6-2)24-15-21(4)11-8-12-27-21/h7,9-10,13,16H,5-6,8,11-12,14-15H2,1-4H3,(H,25,26)(H2,22,23,24). The Bertz CT molecular complexity index is 641. The molecule has 1 aromatic rings. The predicted molar refractivity (Wildman–Crippen MR) is 117 cm³/mol. The van der Waals surface area contributed by atoms with E-state index in [-0.39, 0.29) is 11.9 Å². The zero-order valence-electron chi connectivity index (χ0n) is 17.1. The average Bonchev–Trinajstić information content (AvgIpc) is 3.11. The molecule has 1 heterocycles. The summed E-state index contributed by atoms with van der Waals surface area (Å²) in [4.78, 5) is 17.0. The second kappa shape index (κ2) is 10.6. The third-order valence-electron chi connectivity index (χ3n) is 4.87. The summed E-state index contributed by atoms with van der Waals surface area (Å²) in [5, 5.41) is 9.81. The van der Waals surface area contributed by atoms with Crippen molar-refractivity contribution in [2.24, 2.45) is 4.99 Å². The Balaban J connectivity index is 1.98. The van der Waals surface area contributed by atoms with Crippen LogP contribution in [0.1, 0.15) is 62.9 Å². The molecule has 27 heavy (non-hydrogen) atoms. The van der Waals surface area contributed by atoms with Gasteiger partial charge in [0.1, 0.15) is 0 Å². The zero-order chi connectivity index (χ0) is 19.7. The number of benzene rings is 1. The van der Waals surface area contributed by atoms with Gasteiger partial charge in [0.05, 0.1) is 6.54 Å². The van der Waals surface area contributed by atoms with Crippen LogP contribution in [0.4, 0.5) is 0 Å². The molecular formula is C21H34N4OS. The van der Waals surface area contributed by atoms with E-state index in [2.05, 4.69) is 36.7 Å². The molecule has 2 atom stereocenters. The molecule has 0 radical (unpaired) electrons. The molecule has 0 bridgehead atoms. The summed E-state index contributed by atoms with van der Waals surface area (Å²) >= 11 is 2.04. The molecule has 3 N–H and O–H groups in total. The number of carbonyl (C=O) groups is 1. The molecule has 1 fully saturated rings. The summed E-state index contributed by atoms with van der Waals surface area (Å²) in [7, 11) is 0. The fourth-order valence-electron chi connectivity index (χ4n) is 2.98. The first-order valence-electron chi connectivity index (χ1n) is 10.0. The first-order valence-corrected chi connectivity index (χ1v) is 11.0. The van der Waals surface area contributed by atoms with E-state index in [0.717, 1.165) is 31.0 Å². The van der Waals surface area contributed by atoms with E-state index in [0.29, 0.717) is 16.9 Å². The molecule has 0 aromatic heterocycles. The number of nitrogens with zero attached hydrogens (tertiary/aromatic N) is 1. The number of amides is 1. The summed E-state index contributed by atoms with van der Waals surface area (Å²) in [5.74, 6) is 2.06. The highest BCUT2D eigenvalue weighted by atomic mass is 32.2. The second-order valence-electron chi connectivity index (χ2n) is 7.43.